The number of halogens is 3. The first-order valence-electron chi connectivity index (χ1n) is 14.1. The van der Waals surface area contributed by atoms with Gasteiger partial charge in [0.2, 0.25) is 0 Å². The number of alkyl halides is 3. The number of amides is 1. The summed E-state index contributed by atoms with van der Waals surface area (Å²) in [5.74, 6) is -1.71. The standard InChI is InChI=1S/C34H23F3N6O3/c35-34(36,37)20-5-3-19(4-6-20)30-27(2-1-13-38-30)31(44)42-29-17-26-18-33(32(45)46)12-11-25(43-33)15-23-8-7-21(39-23)14-22-9-10-24(40-22)16-28(29)41-26/h1-17,39,41H,18H2,(H,42,44)(H,45,46)/t33-/m1/s1. The number of aliphatic imine (C=N–C) groups is 2. The van der Waals surface area contributed by atoms with Crippen LogP contribution in [0.5, 0.6) is 0 Å². The number of aromatic amines is 2. The van der Waals surface area contributed by atoms with E-state index in [0.29, 0.717) is 39.8 Å². The number of fused-ring (bicyclic) bond motifs is 6. The van der Waals surface area contributed by atoms with Crippen LogP contribution in [0.25, 0.3) is 29.5 Å². The summed E-state index contributed by atoms with van der Waals surface area (Å²) >= 11 is 0. The summed E-state index contributed by atoms with van der Waals surface area (Å²) < 4.78 is 39.4. The fraction of sp³-hybridized carbons (Fsp3) is 0.0882. The fourth-order valence-corrected chi connectivity index (χ4v) is 5.48. The molecule has 4 aromatic rings. The Morgan fingerprint density at radius 1 is 0.913 bits per heavy atom. The molecule has 9 nitrogen and oxygen atoms in total. The van der Waals surface area contributed by atoms with Gasteiger partial charge in [-0.05, 0) is 85.0 Å². The Labute approximate surface area is 258 Å². The van der Waals surface area contributed by atoms with Crippen LogP contribution >= 0.6 is 0 Å². The first-order valence-corrected chi connectivity index (χ1v) is 14.1. The molecule has 0 saturated carbocycles. The highest BCUT2D eigenvalue weighted by Gasteiger charge is 2.39. The third-order valence-corrected chi connectivity index (χ3v) is 7.69. The zero-order valence-electron chi connectivity index (χ0n) is 23.8. The zero-order valence-corrected chi connectivity index (χ0v) is 23.8. The van der Waals surface area contributed by atoms with E-state index in [4.69, 9.17) is 0 Å². The molecule has 12 heteroatoms. The van der Waals surface area contributed by atoms with E-state index in [1.54, 1.807) is 30.4 Å². The molecular weight excluding hydrogens is 597 g/mol. The SMILES string of the molecule is O=C(Nc1cc2[nH]c1C=C1C=CC(=N1)C=c1ccc([nH]1)=CC1=N[C@](C(=O)O)(C=C1)C2)c1cccnc1-c1ccc(C(F)(F)F)cc1. The number of aromatic nitrogens is 3. The maximum atomic E-state index is 13.7. The summed E-state index contributed by atoms with van der Waals surface area (Å²) in [6.45, 7) is 0. The molecule has 46 heavy (non-hydrogen) atoms. The van der Waals surface area contributed by atoms with Crippen LogP contribution in [0.2, 0.25) is 0 Å². The molecule has 0 aliphatic carbocycles. The second-order valence-corrected chi connectivity index (χ2v) is 10.9. The van der Waals surface area contributed by atoms with Crippen molar-refractivity contribution in [3.05, 3.63) is 124 Å². The number of benzene rings is 1. The number of nitrogens with zero attached hydrogens (tertiary/aromatic N) is 3. The van der Waals surface area contributed by atoms with E-state index in [1.807, 2.05) is 30.4 Å². The minimum Gasteiger partial charge on any atom is -0.479 e. The van der Waals surface area contributed by atoms with Crippen molar-refractivity contribution in [1.29, 1.82) is 0 Å². The molecule has 3 aliphatic rings. The Morgan fingerprint density at radius 2 is 1.67 bits per heavy atom. The topological polar surface area (TPSA) is 136 Å². The van der Waals surface area contributed by atoms with Crippen LogP contribution in [0.3, 0.4) is 0 Å². The van der Waals surface area contributed by atoms with E-state index in [-0.39, 0.29) is 17.7 Å². The molecule has 0 fully saturated rings. The molecule has 0 radical (unpaired) electrons. The Balaban J connectivity index is 1.28. The first kappa shape index (κ1) is 28.7. The molecule has 228 valence electrons. The number of pyridine rings is 1. The van der Waals surface area contributed by atoms with Gasteiger partial charge >= 0.3 is 12.1 Å². The van der Waals surface area contributed by atoms with Crippen molar-refractivity contribution in [2.75, 3.05) is 5.32 Å². The summed E-state index contributed by atoms with van der Waals surface area (Å²) in [7, 11) is 0. The van der Waals surface area contributed by atoms with Crippen molar-refractivity contribution in [2.45, 2.75) is 18.1 Å². The highest BCUT2D eigenvalue weighted by Crippen LogP contribution is 2.33. The van der Waals surface area contributed by atoms with Gasteiger partial charge in [-0.3, -0.25) is 14.8 Å². The number of carbonyl (C=O) groups excluding carboxylic acids is 1. The second kappa shape index (κ2) is 10.8. The molecule has 3 aromatic heterocycles. The summed E-state index contributed by atoms with van der Waals surface area (Å²) in [4.78, 5) is 46.2. The number of H-pyrrole nitrogens is 2. The number of carbonyl (C=O) groups is 2. The summed E-state index contributed by atoms with van der Waals surface area (Å²) in [5.41, 5.74) is 1.31. The average Bonchev–Trinajstić information content (AvgIpc) is 3.82. The minimum absolute atomic E-state index is 0.0416. The lowest BCUT2D eigenvalue weighted by molar-refractivity contribution is -0.141. The van der Waals surface area contributed by atoms with Crippen molar-refractivity contribution in [3.63, 3.8) is 0 Å². The van der Waals surface area contributed by atoms with E-state index >= 15 is 0 Å². The second-order valence-electron chi connectivity index (χ2n) is 10.9. The van der Waals surface area contributed by atoms with Crippen LogP contribution in [0, 0.1) is 0 Å². The molecule has 0 spiro atoms. The third kappa shape index (κ3) is 5.52. The number of carboxylic acid groups (broad SMARTS) is 1. The molecular formula is C34H23F3N6O3. The van der Waals surface area contributed by atoms with Crippen LogP contribution in [0.1, 0.15) is 27.3 Å². The fourth-order valence-electron chi connectivity index (χ4n) is 5.48. The number of nitrogens with one attached hydrogen (secondary N) is 3. The van der Waals surface area contributed by atoms with Gasteiger partial charge in [0.25, 0.3) is 5.91 Å². The molecule has 1 atom stereocenters. The van der Waals surface area contributed by atoms with Gasteiger partial charge < -0.3 is 20.4 Å². The van der Waals surface area contributed by atoms with Gasteiger partial charge in [0.05, 0.1) is 45.3 Å². The van der Waals surface area contributed by atoms with Gasteiger partial charge in [-0.2, -0.15) is 13.2 Å². The molecule has 1 aromatic carbocycles. The Kier molecular flexibility index (Phi) is 6.77. The van der Waals surface area contributed by atoms with Crippen molar-refractivity contribution in [1.82, 2.24) is 15.0 Å². The van der Waals surface area contributed by atoms with Crippen LogP contribution in [0.15, 0.2) is 101 Å². The van der Waals surface area contributed by atoms with E-state index in [9.17, 15) is 27.9 Å². The number of carboxylic acids is 1. The lowest BCUT2D eigenvalue weighted by Crippen LogP contribution is -2.36. The molecule has 7 rings (SSSR count). The van der Waals surface area contributed by atoms with E-state index in [0.717, 1.165) is 22.8 Å². The first-order chi connectivity index (χ1) is 22.0. The largest absolute Gasteiger partial charge is 0.479 e. The van der Waals surface area contributed by atoms with Gasteiger partial charge in [-0.25, -0.2) is 9.79 Å². The average molecular weight is 621 g/mol. The van der Waals surface area contributed by atoms with Crippen LogP contribution in [0.4, 0.5) is 18.9 Å². The number of aliphatic carboxylic acids is 1. The summed E-state index contributed by atoms with van der Waals surface area (Å²) in [6.07, 6.45) is 9.10. The van der Waals surface area contributed by atoms with Crippen LogP contribution in [-0.2, 0) is 17.4 Å². The van der Waals surface area contributed by atoms with Crippen LogP contribution in [-0.4, -0.2) is 48.9 Å². The van der Waals surface area contributed by atoms with E-state index in [2.05, 4.69) is 30.3 Å². The van der Waals surface area contributed by atoms with Gasteiger partial charge in [-0.1, -0.05) is 12.1 Å². The van der Waals surface area contributed by atoms with Crippen molar-refractivity contribution in [3.8, 4) is 11.3 Å². The van der Waals surface area contributed by atoms with Gasteiger partial charge in [0.15, 0.2) is 5.54 Å². The number of anilines is 1. The predicted molar refractivity (Wildman–Crippen MR) is 168 cm³/mol. The Morgan fingerprint density at radius 3 is 2.41 bits per heavy atom. The predicted octanol–water partition coefficient (Wildman–Crippen LogP) is 4.68. The molecule has 6 heterocycles. The molecule has 8 bridgehead atoms. The van der Waals surface area contributed by atoms with Crippen LogP contribution < -0.4 is 16.0 Å². The number of allylic oxidation sites excluding steroid dienone is 3. The zero-order chi connectivity index (χ0) is 32.1. The normalized spacial score (nSPS) is 18.3. The Bertz CT molecular complexity index is 2200. The maximum Gasteiger partial charge on any atom is 0.416 e. The highest BCUT2D eigenvalue weighted by molar-refractivity contribution is 6.20. The highest BCUT2D eigenvalue weighted by atomic mass is 19.4. The number of hydrogen-bond acceptors (Lipinski definition) is 5. The van der Waals surface area contributed by atoms with Crippen molar-refractivity contribution >= 4 is 47.2 Å². The third-order valence-electron chi connectivity index (χ3n) is 7.69. The number of rotatable bonds is 4. The molecule has 0 saturated heterocycles. The molecule has 3 aliphatic heterocycles. The smallest absolute Gasteiger partial charge is 0.416 e. The van der Waals surface area contributed by atoms with E-state index in [1.165, 1.54) is 30.5 Å². The minimum atomic E-state index is -4.50. The van der Waals surface area contributed by atoms with Gasteiger partial charge in [-0.15, -0.1) is 0 Å². The number of hydrogen-bond donors (Lipinski definition) is 4. The lowest BCUT2D eigenvalue weighted by atomic mass is 9.95. The monoisotopic (exact) mass is 620 g/mol. The summed E-state index contributed by atoms with van der Waals surface area (Å²) in [6, 6.07) is 12.9. The van der Waals surface area contributed by atoms with Gasteiger partial charge in [0.1, 0.15) is 0 Å². The molecule has 1 amide bonds. The maximum absolute atomic E-state index is 13.7. The van der Waals surface area contributed by atoms with Crippen molar-refractivity contribution in [2.24, 2.45) is 9.98 Å². The molecule has 4 N–H and O–H groups in total. The van der Waals surface area contributed by atoms with Crippen molar-refractivity contribution < 1.29 is 27.9 Å². The van der Waals surface area contributed by atoms with Gasteiger partial charge in [0, 0.05) is 34.6 Å². The summed E-state index contributed by atoms with van der Waals surface area (Å²) in [5, 5.41) is 14.7. The van der Waals surface area contributed by atoms with E-state index < -0.39 is 29.2 Å². The lowest BCUT2D eigenvalue weighted by Gasteiger charge is -2.18. The Hall–Kier alpha value is -6.04. The molecule has 0 unspecified atom stereocenters. The quantitative estimate of drug-likeness (QED) is 0.264.